The average Bonchev–Trinajstić information content (AvgIpc) is 2.02. The third-order valence-corrected chi connectivity index (χ3v) is 1.67. The third-order valence-electron chi connectivity index (χ3n) is 1.67. The van der Waals surface area contributed by atoms with Crippen molar-refractivity contribution in [2.75, 3.05) is 0 Å². The minimum Gasteiger partial charge on any atom is -0.171 e. The third kappa shape index (κ3) is 9.79. The lowest BCUT2D eigenvalue weighted by Gasteiger charge is -2.11. The summed E-state index contributed by atoms with van der Waals surface area (Å²) in [6.07, 6.45) is -1.18. The molecule has 0 saturated heterocycles. The number of rotatable bonds is 2. The number of unbranched alkanes of at least 4 members (excludes halogenated alkanes) is 1. The monoisotopic (exact) mass is 184 g/mol. The van der Waals surface area contributed by atoms with Gasteiger partial charge in [-0.05, 0) is 6.42 Å². The topological polar surface area (TPSA) is 0 Å². The van der Waals surface area contributed by atoms with Gasteiger partial charge in [-0.1, -0.05) is 40.5 Å². The fourth-order valence-corrected chi connectivity index (χ4v) is 0.231. The maximum atomic E-state index is 11.4. The lowest BCUT2D eigenvalue weighted by atomic mass is 10.1. The second-order valence-corrected chi connectivity index (χ2v) is 2.85. The van der Waals surface area contributed by atoms with Gasteiger partial charge >= 0.3 is 6.18 Å². The predicted octanol–water partition coefficient (Wildman–Crippen LogP) is 4.40. The molecule has 0 spiro atoms. The van der Waals surface area contributed by atoms with Gasteiger partial charge in [-0.2, -0.15) is 13.2 Å². The van der Waals surface area contributed by atoms with E-state index in [4.69, 9.17) is 0 Å². The van der Waals surface area contributed by atoms with Crippen molar-refractivity contribution >= 4 is 0 Å². The van der Waals surface area contributed by atoms with Crippen LogP contribution in [0, 0.1) is 5.92 Å². The molecule has 0 nitrogen and oxygen atoms in total. The molecule has 0 radical (unpaired) electrons. The fourth-order valence-electron chi connectivity index (χ4n) is 0.231. The Kier molecular flexibility index (Phi) is 8.88. The van der Waals surface area contributed by atoms with Crippen molar-refractivity contribution in [1.82, 2.24) is 0 Å². The molecule has 76 valence electrons. The van der Waals surface area contributed by atoms with Crippen LogP contribution in [-0.4, -0.2) is 6.18 Å². The Labute approximate surface area is 73.2 Å². The summed E-state index contributed by atoms with van der Waals surface area (Å²) in [5, 5.41) is 0. The normalized spacial score (nSPS) is 13.2. The van der Waals surface area contributed by atoms with Crippen LogP contribution >= 0.6 is 0 Å². The van der Waals surface area contributed by atoms with Gasteiger partial charge in [0.15, 0.2) is 0 Å². The molecule has 0 aliphatic carbocycles. The van der Waals surface area contributed by atoms with Crippen molar-refractivity contribution in [2.45, 2.75) is 53.1 Å². The maximum Gasteiger partial charge on any atom is 0.391 e. The van der Waals surface area contributed by atoms with E-state index in [-0.39, 0.29) is 6.42 Å². The van der Waals surface area contributed by atoms with Crippen LogP contribution < -0.4 is 0 Å². The number of halogens is 3. The molecule has 12 heavy (non-hydrogen) atoms. The molecule has 0 bridgehead atoms. The summed E-state index contributed by atoms with van der Waals surface area (Å²) in [5.74, 6) is -1.15. The van der Waals surface area contributed by atoms with E-state index in [0.717, 1.165) is 0 Å². The average molecular weight is 184 g/mol. The molecule has 0 rings (SSSR count). The van der Waals surface area contributed by atoms with Gasteiger partial charge in [0.2, 0.25) is 0 Å². The largest absolute Gasteiger partial charge is 0.391 e. The molecule has 0 heterocycles. The molecular formula is C9H19F3. The Morgan fingerprint density at radius 3 is 1.33 bits per heavy atom. The highest BCUT2D eigenvalue weighted by Crippen LogP contribution is 2.27. The van der Waals surface area contributed by atoms with E-state index in [2.05, 4.69) is 13.8 Å². The van der Waals surface area contributed by atoms with Gasteiger partial charge in [-0.15, -0.1) is 0 Å². The van der Waals surface area contributed by atoms with E-state index >= 15 is 0 Å². The van der Waals surface area contributed by atoms with Crippen LogP contribution in [-0.2, 0) is 0 Å². The molecule has 0 aromatic carbocycles. The van der Waals surface area contributed by atoms with Crippen LogP contribution in [0.4, 0.5) is 13.2 Å². The number of alkyl halides is 3. The summed E-state index contributed by atoms with van der Waals surface area (Å²) >= 11 is 0. The van der Waals surface area contributed by atoms with Crippen molar-refractivity contribution in [2.24, 2.45) is 5.92 Å². The quantitative estimate of drug-likeness (QED) is 0.596. The van der Waals surface area contributed by atoms with Gasteiger partial charge in [-0.25, -0.2) is 0 Å². The Morgan fingerprint density at radius 2 is 1.33 bits per heavy atom. The van der Waals surface area contributed by atoms with E-state index in [1.165, 1.54) is 26.7 Å². The Hall–Kier alpha value is -0.210. The van der Waals surface area contributed by atoms with Gasteiger partial charge in [0, 0.05) is 0 Å². The predicted molar refractivity (Wildman–Crippen MR) is 46.1 cm³/mol. The minimum absolute atomic E-state index is 0.170. The summed E-state index contributed by atoms with van der Waals surface area (Å²) in [6.45, 7) is 7.07. The molecule has 0 N–H and O–H groups in total. The van der Waals surface area contributed by atoms with Gasteiger partial charge in [0.1, 0.15) is 0 Å². The molecule has 0 fully saturated rings. The van der Waals surface area contributed by atoms with Gasteiger partial charge in [-0.3, -0.25) is 0 Å². The molecule has 0 aromatic heterocycles. The lowest BCUT2D eigenvalue weighted by Crippen LogP contribution is -2.18. The molecule has 0 aliphatic heterocycles. The molecule has 1 atom stereocenters. The Balaban J connectivity index is 0. The minimum atomic E-state index is -3.99. The molecule has 0 saturated carbocycles. The fraction of sp³-hybridized carbons (Fsp3) is 1.00. The molecule has 0 unspecified atom stereocenters. The number of hydrogen-bond acceptors (Lipinski definition) is 0. The van der Waals surface area contributed by atoms with Crippen molar-refractivity contribution in [3.63, 3.8) is 0 Å². The van der Waals surface area contributed by atoms with Crippen LogP contribution in [0.25, 0.3) is 0 Å². The van der Waals surface area contributed by atoms with E-state index in [1.807, 2.05) is 0 Å². The van der Waals surface area contributed by atoms with Crippen LogP contribution in [0.5, 0.6) is 0 Å². The summed E-state index contributed by atoms with van der Waals surface area (Å²) in [7, 11) is 0. The van der Waals surface area contributed by atoms with E-state index in [0.29, 0.717) is 0 Å². The van der Waals surface area contributed by atoms with Crippen LogP contribution in [0.2, 0.25) is 0 Å². The molecule has 0 amide bonds. The van der Waals surface area contributed by atoms with E-state index in [1.54, 1.807) is 0 Å². The SMILES string of the molecule is CCCC.CC[C@@H](C)C(F)(F)F. The lowest BCUT2D eigenvalue weighted by molar-refractivity contribution is -0.170. The second kappa shape index (κ2) is 7.44. The van der Waals surface area contributed by atoms with Gasteiger partial charge in [0.05, 0.1) is 5.92 Å². The summed E-state index contributed by atoms with van der Waals surface area (Å²) in [4.78, 5) is 0. The number of hydrogen-bond donors (Lipinski definition) is 0. The van der Waals surface area contributed by atoms with Crippen molar-refractivity contribution in [3.05, 3.63) is 0 Å². The van der Waals surface area contributed by atoms with Crippen molar-refractivity contribution in [3.8, 4) is 0 Å². The van der Waals surface area contributed by atoms with Gasteiger partial charge in [0.25, 0.3) is 0 Å². The van der Waals surface area contributed by atoms with Crippen LogP contribution in [0.3, 0.4) is 0 Å². The first-order chi connectivity index (χ1) is 5.40. The first-order valence-electron chi connectivity index (χ1n) is 4.46. The highest BCUT2D eigenvalue weighted by atomic mass is 19.4. The summed E-state index contributed by atoms with van der Waals surface area (Å²) in [5.41, 5.74) is 0. The van der Waals surface area contributed by atoms with Crippen molar-refractivity contribution < 1.29 is 13.2 Å². The van der Waals surface area contributed by atoms with E-state index in [9.17, 15) is 13.2 Å². The zero-order chi connectivity index (χ0) is 10.2. The smallest absolute Gasteiger partial charge is 0.171 e. The highest BCUT2D eigenvalue weighted by Gasteiger charge is 2.33. The summed E-state index contributed by atoms with van der Waals surface area (Å²) < 4.78 is 34.3. The van der Waals surface area contributed by atoms with Crippen molar-refractivity contribution in [1.29, 1.82) is 0 Å². The Morgan fingerprint density at radius 1 is 1.00 bits per heavy atom. The maximum absolute atomic E-state index is 11.4. The van der Waals surface area contributed by atoms with E-state index < -0.39 is 12.1 Å². The molecule has 0 aliphatic rings. The summed E-state index contributed by atoms with van der Waals surface area (Å²) in [6, 6.07) is 0. The molecule has 0 aromatic rings. The first kappa shape index (κ1) is 14.3. The molecular weight excluding hydrogens is 165 g/mol. The van der Waals surface area contributed by atoms with Crippen LogP contribution in [0.15, 0.2) is 0 Å². The standard InChI is InChI=1S/C5H9F3.C4H10/c1-3-4(2)5(6,7)8;1-3-4-2/h4H,3H2,1-2H3;3-4H2,1-2H3/t4-;/m1./s1. The first-order valence-corrected chi connectivity index (χ1v) is 4.46. The zero-order valence-electron chi connectivity index (χ0n) is 8.33. The molecule has 3 heteroatoms. The highest BCUT2D eigenvalue weighted by molar-refractivity contribution is 4.58. The van der Waals surface area contributed by atoms with Gasteiger partial charge < -0.3 is 0 Å². The van der Waals surface area contributed by atoms with Crippen LogP contribution in [0.1, 0.15) is 47.0 Å². The zero-order valence-corrected chi connectivity index (χ0v) is 8.33. The second-order valence-electron chi connectivity index (χ2n) is 2.85. The Bertz CT molecular complexity index is 84.3.